The Labute approximate surface area is 144 Å². The summed E-state index contributed by atoms with van der Waals surface area (Å²) in [5.74, 6) is 0.541. The molecule has 7 heteroatoms. The van der Waals surface area contributed by atoms with Gasteiger partial charge in [-0.3, -0.25) is 4.79 Å². The van der Waals surface area contributed by atoms with Gasteiger partial charge in [0.05, 0.1) is 6.42 Å². The second-order valence-electron chi connectivity index (χ2n) is 5.51. The lowest BCUT2D eigenvalue weighted by Gasteiger charge is -2.10. The minimum absolute atomic E-state index is 0.0311. The lowest BCUT2D eigenvalue weighted by Crippen LogP contribution is -2.25. The number of fused-ring (bicyclic) bond motifs is 1. The number of aromatic nitrogens is 4. The van der Waals surface area contributed by atoms with Crippen molar-refractivity contribution in [1.82, 2.24) is 24.9 Å². The molecule has 0 radical (unpaired) electrons. The molecule has 0 aliphatic carbocycles. The minimum Gasteiger partial charge on any atom is -0.352 e. The van der Waals surface area contributed by atoms with E-state index in [0.29, 0.717) is 17.5 Å². The molecule has 0 unspecified atom stereocenters. The van der Waals surface area contributed by atoms with Crippen molar-refractivity contribution in [1.29, 1.82) is 0 Å². The summed E-state index contributed by atoms with van der Waals surface area (Å²) in [7, 11) is 0. The van der Waals surface area contributed by atoms with E-state index in [1.54, 1.807) is 4.52 Å². The lowest BCUT2D eigenvalue weighted by atomic mass is 10.1. The van der Waals surface area contributed by atoms with E-state index < -0.39 is 0 Å². The van der Waals surface area contributed by atoms with E-state index >= 15 is 0 Å². The Kier molecular flexibility index (Phi) is 4.80. The first-order chi connectivity index (χ1) is 11.6. The molecule has 124 valence electrons. The fraction of sp³-hybridized carbons (Fsp3) is 0.294. The van der Waals surface area contributed by atoms with Crippen LogP contribution in [0.2, 0.25) is 0 Å². The summed E-state index contributed by atoms with van der Waals surface area (Å²) in [6, 6.07) is 9.86. The summed E-state index contributed by atoms with van der Waals surface area (Å²) in [6.45, 7) is 4.37. The van der Waals surface area contributed by atoms with E-state index in [4.69, 9.17) is 0 Å². The van der Waals surface area contributed by atoms with E-state index in [9.17, 15) is 4.79 Å². The zero-order valence-corrected chi connectivity index (χ0v) is 14.7. The Morgan fingerprint density at radius 2 is 1.96 bits per heavy atom. The molecule has 1 aromatic carbocycles. The molecule has 0 atom stereocenters. The number of rotatable bonds is 5. The van der Waals surface area contributed by atoms with E-state index in [0.717, 1.165) is 22.5 Å². The minimum atomic E-state index is -0.0311. The van der Waals surface area contributed by atoms with Gasteiger partial charge in [0, 0.05) is 23.5 Å². The van der Waals surface area contributed by atoms with Crippen LogP contribution >= 0.6 is 11.8 Å². The molecule has 0 aliphatic rings. The van der Waals surface area contributed by atoms with Crippen molar-refractivity contribution in [3.05, 3.63) is 52.8 Å². The van der Waals surface area contributed by atoms with E-state index in [2.05, 4.69) is 20.4 Å². The summed E-state index contributed by atoms with van der Waals surface area (Å²) >= 11 is 1.47. The van der Waals surface area contributed by atoms with Crippen LogP contribution in [-0.4, -0.2) is 31.7 Å². The van der Waals surface area contributed by atoms with Crippen molar-refractivity contribution in [3.8, 4) is 0 Å². The highest BCUT2D eigenvalue weighted by atomic mass is 32.2. The quantitative estimate of drug-likeness (QED) is 0.721. The van der Waals surface area contributed by atoms with Gasteiger partial charge in [0.15, 0.2) is 0 Å². The molecule has 0 bridgehead atoms. The second kappa shape index (κ2) is 7.00. The van der Waals surface area contributed by atoms with Crippen LogP contribution in [0.4, 0.5) is 0 Å². The predicted octanol–water partition coefficient (Wildman–Crippen LogP) is 2.32. The maximum Gasteiger partial charge on any atom is 0.253 e. The standard InChI is InChI=1S/C17H19N5OS/c1-11-14(9-15(23)18-10-13-7-5-4-6-8-13)12(2)22-16(19-11)20-17(21-22)24-3/h4-8H,9-10H2,1-3H3,(H,18,23). The first-order valence-corrected chi connectivity index (χ1v) is 8.88. The van der Waals surface area contributed by atoms with Crippen molar-refractivity contribution >= 4 is 23.4 Å². The number of aryl methyl sites for hydroxylation is 2. The van der Waals surface area contributed by atoms with Crippen LogP contribution in [0.5, 0.6) is 0 Å². The van der Waals surface area contributed by atoms with Gasteiger partial charge in [-0.15, -0.1) is 5.10 Å². The lowest BCUT2D eigenvalue weighted by molar-refractivity contribution is -0.120. The zero-order chi connectivity index (χ0) is 17.1. The highest BCUT2D eigenvalue weighted by Crippen LogP contribution is 2.17. The Morgan fingerprint density at radius 1 is 1.21 bits per heavy atom. The van der Waals surface area contributed by atoms with E-state index in [1.165, 1.54) is 11.8 Å². The molecule has 1 amide bonds. The number of carbonyl (C=O) groups is 1. The van der Waals surface area contributed by atoms with Crippen molar-refractivity contribution in [2.45, 2.75) is 32.0 Å². The average Bonchev–Trinajstić information content (AvgIpc) is 3.01. The van der Waals surface area contributed by atoms with Gasteiger partial charge in [-0.1, -0.05) is 42.1 Å². The van der Waals surface area contributed by atoms with Gasteiger partial charge in [0.2, 0.25) is 11.1 Å². The fourth-order valence-electron chi connectivity index (χ4n) is 2.55. The van der Waals surface area contributed by atoms with Crippen LogP contribution in [0.25, 0.3) is 5.78 Å². The number of nitrogens with one attached hydrogen (secondary N) is 1. The molecule has 0 saturated heterocycles. The highest BCUT2D eigenvalue weighted by molar-refractivity contribution is 7.98. The maximum atomic E-state index is 12.3. The zero-order valence-electron chi connectivity index (χ0n) is 13.9. The Hall–Kier alpha value is -2.41. The number of amides is 1. The molecule has 24 heavy (non-hydrogen) atoms. The number of hydrogen-bond acceptors (Lipinski definition) is 5. The molecule has 2 heterocycles. The monoisotopic (exact) mass is 341 g/mol. The SMILES string of the molecule is CSc1nc2nc(C)c(CC(=O)NCc3ccccc3)c(C)n2n1. The third kappa shape index (κ3) is 3.41. The van der Waals surface area contributed by atoms with Gasteiger partial charge in [-0.25, -0.2) is 9.50 Å². The third-order valence-corrected chi connectivity index (χ3v) is 4.42. The molecule has 2 aromatic heterocycles. The third-order valence-electron chi connectivity index (χ3n) is 3.88. The Morgan fingerprint density at radius 3 is 2.67 bits per heavy atom. The molecule has 3 aromatic rings. The largest absolute Gasteiger partial charge is 0.352 e. The van der Waals surface area contributed by atoms with Crippen molar-refractivity contribution < 1.29 is 4.79 Å². The van der Waals surface area contributed by atoms with Gasteiger partial charge in [0.1, 0.15) is 0 Å². The van der Waals surface area contributed by atoms with E-state index in [1.807, 2.05) is 50.4 Å². The van der Waals surface area contributed by atoms with Crippen LogP contribution in [0.1, 0.15) is 22.5 Å². The molecular weight excluding hydrogens is 322 g/mol. The summed E-state index contributed by atoms with van der Waals surface area (Å²) < 4.78 is 1.71. The summed E-state index contributed by atoms with van der Waals surface area (Å²) in [4.78, 5) is 21.1. The fourth-order valence-corrected chi connectivity index (χ4v) is 2.89. The summed E-state index contributed by atoms with van der Waals surface area (Å²) in [5.41, 5.74) is 3.69. The van der Waals surface area contributed by atoms with Crippen LogP contribution in [0.3, 0.4) is 0 Å². The molecule has 1 N–H and O–H groups in total. The smallest absolute Gasteiger partial charge is 0.253 e. The molecule has 6 nitrogen and oxygen atoms in total. The van der Waals surface area contributed by atoms with Gasteiger partial charge in [-0.2, -0.15) is 4.98 Å². The number of hydrogen-bond donors (Lipinski definition) is 1. The number of thioether (sulfide) groups is 1. The van der Waals surface area contributed by atoms with Gasteiger partial charge >= 0.3 is 0 Å². The van der Waals surface area contributed by atoms with Crippen LogP contribution in [-0.2, 0) is 17.8 Å². The molecule has 3 rings (SSSR count). The number of nitrogens with zero attached hydrogens (tertiary/aromatic N) is 4. The van der Waals surface area contributed by atoms with Crippen molar-refractivity contribution in [3.63, 3.8) is 0 Å². The summed E-state index contributed by atoms with van der Waals surface area (Å²) in [6.07, 6.45) is 2.21. The average molecular weight is 341 g/mol. The van der Waals surface area contributed by atoms with E-state index in [-0.39, 0.29) is 12.3 Å². The van der Waals surface area contributed by atoms with Gasteiger partial charge in [0.25, 0.3) is 5.78 Å². The second-order valence-corrected chi connectivity index (χ2v) is 6.28. The first kappa shape index (κ1) is 16.4. The first-order valence-electron chi connectivity index (χ1n) is 7.66. The Balaban J connectivity index is 1.77. The van der Waals surface area contributed by atoms with Crippen molar-refractivity contribution in [2.24, 2.45) is 0 Å². The number of benzene rings is 1. The topological polar surface area (TPSA) is 72.2 Å². The summed E-state index contributed by atoms with van der Waals surface area (Å²) in [5, 5.41) is 8.03. The molecule has 0 fully saturated rings. The molecule has 0 spiro atoms. The van der Waals surface area contributed by atoms with Crippen molar-refractivity contribution in [2.75, 3.05) is 6.26 Å². The molecule has 0 saturated carbocycles. The van der Waals surface area contributed by atoms with Gasteiger partial charge < -0.3 is 5.32 Å². The highest BCUT2D eigenvalue weighted by Gasteiger charge is 2.15. The van der Waals surface area contributed by atoms with Gasteiger partial charge in [-0.05, 0) is 25.7 Å². The van der Waals surface area contributed by atoms with Crippen LogP contribution < -0.4 is 5.32 Å². The van der Waals surface area contributed by atoms with Crippen LogP contribution in [0, 0.1) is 13.8 Å². The number of carbonyl (C=O) groups excluding carboxylic acids is 1. The molecule has 0 aliphatic heterocycles. The predicted molar refractivity (Wildman–Crippen MR) is 94.0 cm³/mol. The normalized spacial score (nSPS) is 11.0. The van der Waals surface area contributed by atoms with Crippen LogP contribution in [0.15, 0.2) is 35.5 Å². The molecular formula is C17H19N5OS. The Bertz CT molecular complexity index is 876. The maximum absolute atomic E-state index is 12.3.